The minimum Gasteiger partial charge on any atom is -0.368 e. The summed E-state index contributed by atoms with van der Waals surface area (Å²) in [4.78, 5) is 18.9. The van der Waals surface area contributed by atoms with Crippen LogP contribution in [0.15, 0.2) is 44.5 Å². The first-order chi connectivity index (χ1) is 16.0. The van der Waals surface area contributed by atoms with Crippen LogP contribution < -0.4 is 5.32 Å². The molecule has 4 aliphatic rings. The molecule has 0 spiro atoms. The molecule has 3 unspecified atom stereocenters. The first-order valence-electron chi connectivity index (χ1n) is 12.3. The number of hydrazone groups is 1. The summed E-state index contributed by atoms with van der Waals surface area (Å²) < 4.78 is 0. The Morgan fingerprint density at radius 1 is 1.30 bits per heavy atom. The maximum absolute atomic E-state index is 12.1. The van der Waals surface area contributed by atoms with E-state index < -0.39 is 6.23 Å². The van der Waals surface area contributed by atoms with Crippen molar-refractivity contribution in [2.45, 2.75) is 64.1 Å². The molecule has 1 saturated heterocycles. The molecule has 4 rings (SSSR count). The second-order valence-corrected chi connectivity index (χ2v) is 9.85. The lowest BCUT2D eigenvalue weighted by atomic mass is 9.85. The number of fused-ring (bicyclic) bond motifs is 1. The number of halogens is 1. The number of aliphatic hydroxyl groups excluding tert-OH is 1. The topological polar surface area (TPSA) is 80.5 Å². The molecule has 1 amide bonds. The molecular weight excluding hydrogens is 438 g/mol. The summed E-state index contributed by atoms with van der Waals surface area (Å²) in [6, 6.07) is 0.286. The van der Waals surface area contributed by atoms with E-state index in [2.05, 4.69) is 28.2 Å². The van der Waals surface area contributed by atoms with Crippen LogP contribution in [0.25, 0.3) is 0 Å². The van der Waals surface area contributed by atoms with Crippen molar-refractivity contribution >= 4 is 29.4 Å². The van der Waals surface area contributed by atoms with Crippen LogP contribution in [0, 0.1) is 5.92 Å². The van der Waals surface area contributed by atoms with Crippen LogP contribution in [0.2, 0.25) is 0 Å². The van der Waals surface area contributed by atoms with E-state index in [9.17, 15) is 9.90 Å². The molecule has 1 fully saturated rings. The number of amides is 1. The van der Waals surface area contributed by atoms with Crippen molar-refractivity contribution in [1.29, 1.82) is 0 Å². The number of nitrogens with zero attached hydrogens (tertiary/aromatic N) is 4. The molecule has 3 aliphatic heterocycles. The minimum atomic E-state index is -0.726. The van der Waals surface area contributed by atoms with E-state index in [1.165, 1.54) is 5.57 Å². The molecule has 33 heavy (non-hydrogen) atoms. The fourth-order valence-corrected chi connectivity index (χ4v) is 5.25. The number of allylic oxidation sites excluding steroid dienone is 5. The van der Waals surface area contributed by atoms with Crippen molar-refractivity contribution in [3.05, 3.63) is 34.4 Å². The summed E-state index contributed by atoms with van der Waals surface area (Å²) in [7, 11) is 0. The van der Waals surface area contributed by atoms with Gasteiger partial charge in [0.05, 0.1) is 18.8 Å². The van der Waals surface area contributed by atoms with Gasteiger partial charge in [0, 0.05) is 49.1 Å². The molecule has 0 aromatic heterocycles. The molecule has 0 aromatic rings. The summed E-state index contributed by atoms with van der Waals surface area (Å²) in [5, 5.41) is 21.9. The van der Waals surface area contributed by atoms with E-state index in [4.69, 9.17) is 16.7 Å². The number of carbonyl (C=O) groups is 1. The van der Waals surface area contributed by atoms with Crippen LogP contribution in [-0.4, -0.2) is 77.8 Å². The number of nitrogens with one attached hydrogen (secondary N) is 1. The number of aliphatic imine (C=N–C) groups is 1. The van der Waals surface area contributed by atoms with E-state index >= 15 is 0 Å². The van der Waals surface area contributed by atoms with Gasteiger partial charge >= 0.3 is 0 Å². The monoisotopic (exact) mass is 473 g/mol. The highest BCUT2D eigenvalue weighted by atomic mass is 35.5. The minimum absolute atomic E-state index is 0.0606. The highest BCUT2D eigenvalue weighted by Gasteiger charge is 2.37. The van der Waals surface area contributed by atoms with Gasteiger partial charge in [-0.1, -0.05) is 30.2 Å². The number of carbonyl (C=O) groups excluding carboxylic acids is 1. The number of dihydropyridines is 1. The molecular formula is C25H36ClN5O2. The first-order valence-corrected chi connectivity index (χ1v) is 12.7. The van der Waals surface area contributed by atoms with Crippen molar-refractivity contribution in [3.63, 3.8) is 0 Å². The molecule has 7 nitrogen and oxygen atoms in total. The summed E-state index contributed by atoms with van der Waals surface area (Å²) >= 11 is 6.14. The third-order valence-corrected chi connectivity index (χ3v) is 7.31. The van der Waals surface area contributed by atoms with Crippen LogP contribution in [-0.2, 0) is 4.79 Å². The highest BCUT2D eigenvalue weighted by Crippen LogP contribution is 2.33. The van der Waals surface area contributed by atoms with E-state index in [0.717, 1.165) is 74.5 Å². The molecule has 2 N–H and O–H groups in total. The van der Waals surface area contributed by atoms with Gasteiger partial charge in [0.1, 0.15) is 0 Å². The average Bonchev–Trinajstić information content (AvgIpc) is 3.27. The van der Waals surface area contributed by atoms with Crippen LogP contribution in [0.3, 0.4) is 0 Å². The molecule has 0 aromatic carbocycles. The lowest BCUT2D eigenvalue weighted by molar-refractivity contribution is -0.121. The third-order valence-electron chi connectivity index (χ3n) is 6.99. The molecule has 0 radical (unpaired) electrons. The van der Waals surface area contributed by atoms with Gasteiger partial charge in [-0.3, -0.25) is 19.7 Å². The molecule has 1 aliphatic carbocycles. The Labute approximate surface area is 201 Å². The molecule has 0 saturated carbocycles. The second-order valence-electron chi connectivity index (χ2n) is 9.37. The Balaban J connectivity index is 1.45. The molecule has 3 atom stereocenters. The zero-order valence-electron chi connectivity index (χ0n) is 19.5. The number of aliphatic hydroxyl groups is 1. The highest BCUT2D eigenvalue weighted by molar-refractivity contribution is 6.29. The fraction of sp³-hybridized carbons (Fsp3) is 0.640. The van der Waals surface area contributed by atoms with Crippen molar-refractivity contribution in [3.8, 4) is 0 Å². The van der Waals surface area contributed by atoms with Gasteiger partial charge in [-0.2, -0.15) is 5.10 Å². The predicted molar refractivity (Wildman–Crippen MR) is 133 cm³/mol. The lowest BCUT2D eigenvalue weighted by Gasteiger charge is -2.40. The van der Waals surface area contributed by atoms with Crippen LogP contribution in [0.4, 0.5) is 0 Å². The maximum atomic E-state index is 12.1. The van der Waals surface area contributed by atoms with Crippen molar-refractivity contribution in [2.75, 3.05) is 32.7 Å². The summed E-state index contributed by atoms with van der Waals surface area (Å²) in [5.41, 5.74) is 3.39. The quantitative estimate of drug-likeness (QED) is 0.538. The predicted octanol–water partition coefficient (Wildman–Crippen LogP) is 3.22. The largest absolute Gasteiger partial charge is 0.368 e. The van der Waals surface area contributed by atoms with Crippen molar-refractivity contribution in [2.24, 2.45) is 16.0 Å². The molecule has 3 heterocycles. The number of hydrogen-bond donors (Lipinski definition) is 2. The second kappa shape index (κ2) is 11.4. The van der Waals surface area contributed by atoms with Gasteiger partial charge in [0.15, 0.2) is 6.23 Å². The Kier molecular flexibility index (Phi) is 8.39. The van der Waals surface area contributed by atoms with Crippen molar-refractivity contribution < 1.29 is 9.90 Å². The summed E-state index contributed by atoms with van der Waals surface area (Å²) in [6.07, 6.45) is 13.4. The molecule has 180 valence electrons. The normalized spacial score (nSPS) is 27.5. The molecule has 8 heteroatoms. The number of likely N-dealkylation sites (tertiary alicyclic amines) is 1. The Morgan fingerprint density at radius 2 is 2.18 bits per heavy atom. The fourth-order valence-electron chi connectivity index (χ4n) is 5.10. The SMILES string of the molecule is CCCNC(=O)CCN1CCCC1CN1N=C(CC2=CC=C(Cl)CC2)C2CN=CC=C2C1O. The van der Waals surface area contributed by atoms with E-state index in [1.54, 1.807) is 6.21 Å². The average molecular weight is 474 g/mol. The summed E-state index contributed by atoms with van der Waals surface area (Å²) in [5.74, 6) is 0.177. The Hall–Kier alpha value is -1.96. The smallest absolute Gasteiger partial charge is 0.221 e. The Morgan fingerprint density at radius 3 is 2.97 bits per heavy atom. The van der Waals surface area contributed by atoms with Gasteiger partial charge in [0.2, 0.25) is 5.91 Å². The Bertz CT molecular complexity index is 878. The van der Waals surface area contributed by atoms with E-state index in [0.29, 0.717) is 19.5 Å². The van der Waals surface area contributed by atoms with Crippen LogP contribution in [0.5, 0.6) is 0 Å². The van der Waals surface area contributed by atoms with E-state index in [1.807, 2.05) is 17.2 Å². The van der Waals surface area contributed by atoms with Crippen molar-refractivity contribution in [1.82, 2.24) is 15.2 Å². The van der Waals surface area contributed by atoms with Gasteiger partial charge in [-0.25, -0.2) is 0 Å². The standard InChI is InChI=1S/C25H36ClN5O2/c1-2-11-28-24(32)10-14-30-13-3-4-20(30)17-31-25(33)21-9-12-27-16-22(21)23(29-31)15-18-5-7-19(26)8-6-18/h5,7,9,12,20,22,25,33H,2-4,6,8,10-11,13-17H2,1H3,(H,28,32). The van der Waals surface area contributed by atoms with Gasteiger partial charge in [0.25, 0.3) is 0 Å². The van der Waals surface area contributed by atoms with E-state index in [-0.39, 0.29) is 17.9 Å². The van der Waals surface area contributed by atoms with Gasteiger partial charge < -0.3 is 10.4 Å². The van der Waals surface area contributed by atoms with Crippen LogP contribution >= 0.6 is 11.6 Å². The molecule has 0 bridgehead atoms. The summed E-state index contributed by atoms with van der Waals surface area (Å²) in [6.45, 7) is 5.83. The van der Waals surface area contributed by atoms with Crippen LogP contribution in [0.1, 0.15) is 51.9 Å². The lowest BCUT2D eigenvalue weighted by Crippen LogP contribution is -2.49. The maximum Gasteiger partial charge on any atom is 0.221 e. The zero-order valence-corrected chi connectivity index (χ0v) is 20.3. The first kappa shape index (κ1) is 24.2. The number of rotatable bonds is 9. The van der Waals surface area contributed by atoms with Gasteiger partial charge in [-0.05, 0) is 56.4 Å². The number of hydrogen-bond acceptors (Lipinski definition) is 6. The third kappa shape index (κ3) is 6.14. The van der Waals surface area contributed by atoms with Gasteiger partial charge in [-0.15, -0.1) is 0 Å². The zero-order chi connectivity index (χ0) is 23.2.